The van der Waals surface area contributed by atoms with E-state index in [9.17, 15) is 9.59 Å². The molecule has 1 aromatic heterocycles. The normalized spacial score (nSPS) is 11.5. The van der Waals surface area contributed by atoms with Crippen molar-refractivity contribution in [2.75, 3.05) is 12.4 Å². The Kier molecular flexibility index (Phi) is 7.46. The lowest BCUT2D eigenvalue weighted by Gasteiger charge is -2.19. The van der Waals surface area contributed by atoms with Gasteiger partial charge in [0.15, 0.2) is 0 Å². The molecular weight excluding hydrogens is 418 g/mol. The van der Waals surface area contributed by atoms with E-state index in [0.717, 1.165) is 0 Å². The van der Waals surface area contributed by atoms with Gasteiger partial charge in [0.2, 0.25) is 5.88 Å². The van der Waals surface area contributed by atoms with Crippen LogP contribution in [0.3, 0.4) is 0 Å². The standard InChI is InChI=1S/C26H27N3O4/c1-26(2,3)19-10-13-21(14-11-19)33-23-15-12-20(16-28-23)27-17-22(25(31)32-4)29-24(30)18-8-6-5-7-9-18/h5-17,27H,1-4H3,(H,29,30)/b22-17+. The maximum absolute atomic E-state index is 12.4. The van der Waals surface area contributed by atoms with E-state index in [2.05, 4.69) is 36.4 Å². The number of rotatable bonds is 7. The third-order valence-corrected chi connectivity index (χ3v) is 4.75. The molecule has 3 rings (SSSR count). The zero-order valence-corrected chi connectivity index (χ0v) is 19.1. The fourth-order valence-corrected chi connectivity index (χ4v) is 2.87. The van der Waals surface area contributed by atoms with Crippen LogP contribution in [0.5, 0.6) is 11.6 Å². The second-order valence-corrected chi connectivity index (χ2v) is 8.28. The number of pyridine rings is 1. The molecule has 33 heavy (non-hydrogen) atoms. The minimum Gasteiger partial charge on any atom is -0.464 e. The zero-order valence-electron chi connectivity index (χ0n) is 19.1. The highest BCUT2D eigenvalue weighted by Gasteiger charge is 2.15. The molecule has 0 fully saturated rings. The first kappa shape index (κ1) is 23.5. The minimum absolute atomic E-state index is 0.0365. The molecule has 0 radical (unpaired) electrons. The van der Waals surface area contributed by atoms with Crippen molar-refractivity contribution in [3.8, 4) is 11.6 Å². The van der Waals surface area contributed by atoms with Gasteiger partial charge in [0.1, 0.15) is 11.4 Å². The van der Waals surface area contributed by atoms with E-state index in [1.807, 2.05) is 24.3 Å². The Balaban J connectivity index is 1.65. The van der Waals surface area contributed by atoms with Crippen molar-refractivity contribution < 1.29 is 19.1 Å². The summed E-state index contributed by atoms with van der Waals surface area (Å²) in [7, 11) is 1.24. The monoisotopic (exact) mass is 445 g/mol. The molecule has 0 bridgehead atoms. The van der Waals surface area contributed by atoms with Crippen molar-refractivity contribution in [2.24, 2.45) is 0 Å². The van der Waals surface area contributed by atoms with E-state index < -0.39 is 11.9 Å². The molecule has 1 heterocycles. The minimum atomic E-state index is -0.682. The molecule has 2 N–H and O–H groups in total. The van der Waals surface area contributed by atoms with Crippen LogP contribution in [0.15, 0.2) is 84.8 Å². The molecule has 0 spiro atoms. The Morgan fingerprint density at radius 3 is 2.21 bits per heavy atom. The first-order chi connectivity index (χ1) is 15.8. The molecular formula is C26H27N3O4. The average Bonchev–Trinajstić information content (AvgIpc) is 2.82. The summed E-state index contributed by atoms with van der Waals surface area (Å²) in [6.07, 6.45) is 2.92. The maximum Gasteiger partial charge on any atom is 0.356 e. The van der Waals surface area contributed by atoms with Crippen molar-refractivity contribution in [3.63, 3.8) is 0 Å². The van der Waals surface area contributed by atoms with Gasteiger partial charge in [0, 0.05) is 17.8 Å². The zero-order chi connectivity index (χ0) is 23.8. The Bertz CT molecular complexity index is 1120. The number of hydrogen-bond donors (Lipinski definition) is 2. The second kappa shape index (κ2) is 10.5. The predicted octanol–water partition coefficient (Wildman–Crippen LogP) is 5.03. The van der Waals surface area contributed by atoms with Crippen LogP contribution >= 0.6 is 0 Å². The van der Waals surface area contributed by atoms with Crippen LogP contribution in [0.4, 0.5) is 5.69 Å². The van der Waals surface area contributed by atoms with Crippen LogP contribution in [0.25, 0.3) is 0 Å². The Morgan fingerprint density at radius 1 is 0.939 bits per heavy atom. The molecule has 0 unspecified atom stereocenters. The fraction of sp³-hybridized carbons (Fsp3) is 0.192. The lowest BCUT2D eigenvalue weighted by molar-refractivity contribution is -0.136. The molecule has 2 aromatic carbocycles. The molecule has 1 amide bonds. The van der Waals surface area contributed by atoms with Crippen LogP contribution < -0.4 is 15.4 Å². The number of nitrogens with zero attached hydrogens (tertiary/aromatic N) is 1. The number of ether oxygens (including phenoxy) is 2. The SMILES string of the molecule is COC(=O)/C(=C\Nc1ccc(Oc2ccc(C(C)(C)C)cc2)nc1)NC(=O)c1ccccc1. The Labute approximate surface area is 193 Å². The van der Waals surface area contributed by atoms with Gasteiger partial charge in [-0.3, -0.25) is 4.79 Å². The number of nitrogens with one attached hydrogen (secondary N) is 2. The van der Waals surface area contributed by atoms with E-state index >= 15 is 0 Å². The van der Waals surface area contributed by atoms with Crippen LogP contribution in [0.2, 0.25) is 0 Å². The van der Waals surface area contributed by atoms with Crippen LogP contribution in [0.1, 0.15) is 36.7 Å². The summed E-state index contributed by atoms with van der Waals surface area (Å²) in [5, 5.41) is 5.49. The number of amides is 1. The summed E-state index contributed by atoms with van der Waals surface area (Å²) in [5.74, 6) is 0.0121. The highest BCUT2D eigenvalue weighted by molar-refractivity contribution is 6.01. The molecule has 0 aliphatic rings. The number of hydrogen-bond acceptors (Lipinski definition) is 6. The molecule has 7 heteroatoms. The summed E-state index contributed by atoms with van der Waals surface area (Å²) in [5.41, 5.74) is 2.27. The average molecular weight is 446 g/mol. The second-order valence-electron chi connectivity index (χ2n) is 8.28. The number of carbonyl (C=O) groups excluding carboxylic acids is 2. The Hall–Kier alpha value is -4.13. The summed E-state index contributed by atoms with van der Waals surface area (Å²) < 4.78 is 10.6. The van der Waals surface area contributed by atoms with Crippen molar-refractivity contribution in [3.05, 3.63) is 96.0 Å². The lowest BCUT2D eigenvalue weighted by atomic mass is 9.87. The highest BCUT2D eigenvalue weighted by Crippen LogP contribution is 2.26. The van der Waals surface area contributed by atoms with Crippen LogP contribution in [-0.4, -0.2) is 24.0 Å². The van der Waals surface area contributed by atoms with Gasteiger partial charge >= 0.3 is 5.97 Å². The van der Waals surface area contributed by atoms with Crippen molar-refractivity contribution in [1.82, 2.24) is 10.3 Å². The fourth-order valence-electron chi connectivity index (χ4n) is 2.87. The number of methoxy groups -OCH3 is 1. The molecule has 0 saturated heterocycles. The largest absolute Gasteiger partial charge is 0.464 e. The summed E-state index contributed by atoms with van der Waals surface area (Å²) in [4.78, 5) is 28.7. The molecule has 3 aromatic rings. The summed E-state index contributed by atoms with van der Waals surface area (Å²) in [6.45, 7) is 6.47. The van der Waals surface area contributed by atoms with Gasteiger partial charge in [0.25, 0.3) is 5.91 Å². The van der Waals surface area contributed by atoms with E-state index in [0.29, 0.717) is 22.9 Å². The molecule has 170 valence electrons. The van der Waals surface area contributed by atoms with Crippen molar-refractivity contribution in [1.29, 1.82) is 0 Å². The number of anilines is 1. The van der Waals surface area contributed by atoms with Crippen LogP contribution in [0, 0.1) is 0 Å². The van der Waals surface area contributed by atoms with Gasteiger partial charge in [-0.2, -0.15) is 0 Å². The van der Waals surface area contributed by atoms with Crippen molar-refractivity contribution >= 4 is 17.6 Å². The molecule has 7 nitrogen and oxygen atoms in total. The Morgan fingerprint density at radius 2 is 1.64 bits per heavy atom. The van der Waals surface area contributed by atoms with E-state index in [4.69, 9.17) is 9.47 Å². The predicted molar refractivity (Wildman–Crippen MR) is 127 cm³/mol. The van der Waals surface area contributed by atoms with Gasteiger partial charge in [0.05, 0.1) is 19.0 Å². The quantitative estimate of drug-likeness (QED) is 0.392. The van der Waals surface area contributed by atoms with E-state index in [1.54, 1.807) is 48.7 Å². The number of carbonyl (C=O) groups is 2. The van der Waals surface area contributed by atoms with Gasteiger partial charge in [-0.1, -0.05) is 51.1 Å². The molecule has 0 aliphatic heterocycles. The van der Waals surface area contributed by atoms with Crippen molar-refractivity contribution in [2.45, 2.75) is 26.2 Å². The maximum atomic E-state index is 12.4. The molecule has 0 atom stereocenters. The van der Waals surface area contributed by atoms with Gasteiger partial charge in [-0.25, -0.2) is 9.78 Å². The molecule has 0 aliphatic carbocycles. The lowest BCUT2D eigenvalue weighted by Crippen LogP contribution is -2.28. The van der Waals surface area contributed by atoms with Gasteiger partial charge < -0.3 is 20.1 Å². The van der Waals surface area contributed by atoms with E-state index in [1.165, 1.54) is 18.9 Å². The summed E-state index contributed by atoms with van der Waals surface area (Å²) >= 11 is 0. The number of benzene rings is 2. The van der Waals surface area contributed by atoms with Gasteiger partial charge in [-0.15, -0.1) is 0 Å². The first-order valence-corrected chi connectivity index (χ1v) is 10.4. The number of esters is 1. The van der Waals surface area contributed by atoms with E-state index in [-0.39, 0.29) is 11.1 Å². The van der Waals surface area contributed by atoms with Crippen LogP contribution in [-0.2, 0) is 14.9 Å². The third kappa shape index (κ3) is 6.67. The molecule has 0 saturated carbocycles. The highest BCUT2D eigenvalue weighted by atomic mass is 16.5. The smallest absolute Gasteiger partial charge is 0.356 e. The topological polar surface area (TPSA) is 89.6 Å². The summed E-state index contributed by atoms with van der Waals surface area (Å²) in [6, 6.07) is 19.9. The number of aromatic nitrogens is 1. The third-order valence-electron chi connectivity index (χ3n) is 4.75. The first-order valence-electron chi connectivity index (χ1n) is 10.4. The van der Waals surface area contributed by atoms with Gasteiger partial charge in [-0.05, 0) is 41.3 Å².